The second-order valence-electron chi connectivity index (χ2n) is 18.6. The number of hydrogen-bond acceptors (Lipinski definition) is 13. The first kappa shape index (κ1) is 47.5. The molecule has 8 rings (SSSR count). The van der Waals surface area contributed by atoms with Crippen LogP contribution in [0.1, 0.15) is 74.7 Å². The van der Waals surface area contributed by atoms with E-state index in [1.54, 1.807) is 12.1 Å². The molecule has 4 aromatic rings. The molecular formula is C48H58Cl2N8O7S. The van der Waals surface area contributed by atoms with Gasteiger partial charge in [0, 0.05) is 87.3 Å². The zero-order chi connectivity index (χ0) is 46.6. The normalized spacial score (nSPS) is 20.8. The first-order chi connectivity index (χ1) is 31.6. The first-order valence-corrected chi connectivity index (χ1v) is 24.9. The van der Waals surface area contributed by atoms with Crippen molar-refractivity contribution in [3.05, 3.63) is 110 Å². The van der Waals surface area contributed by atoms with Crippen molar-refractivity contribution in [1.82, 2.24) is 19.5 Å². The number of nitro benzene ring substituents is 1. The minimum absolute atomic E-state index is 0.0531. The molecule has 2 saturated heterocycles. The van der Waals surface area contributed by atoms with Crippen molar-refractivity contribution in [2.24, 2.45) is 11.3 Å². The third kappa shape index (κ3) is 11.6. The maximum Gasteiger partial charge on any atom is 0.293 e. The van der Waals surface area contributed by atoms with Crippen LogP contribution in [0.2, 0.25) is 10.0 Å². The molecule has 0 atom stereocenters. The van der Waals surface area contributed by atoms with Gasteiger partial charge >= 0.3 is 0 Å². The van der Waals surface area contributed by atoms with Crippen LogP contribution in [0.15, 0.2) is 83.4 Å². The predicted molar refractivity (Wildman–Crippen MR) is 259 cm³/mol. The van der Waals surface area contributed by atoms with Gasteiger partial charge in [-0.2, -0.15) is 0 Å². The molecule has 0 radical (unpaired) electrons. The van der Waals surface area contributed by atoms with E-state index in [0.717, 1.165) is 108 Å². The van der Waals surface area contributed by atoms with Gasteiger partial charge < -0.3 is 25.4 Å². The maximum absolute atomic E-state index is 13.9. The average Bonchev–Trinajstić information content (AvgIpc) is 3.30. The summed E-state index contributed by atoms with van der Waals surface area (Å²) in [5.41, 5.74) is 10.6. The number of morpholine rings is 1. The lowest BCUT2D eigenvalue weighted by atomic mass is 9.72. The fourth-order valence-corrected chi connectivity index (χ4v) is 10.9. The van der Waals surface area contributed by atoms with Crippen molar-refractivity contribution in [3.8, 4) is 11.5 Å². The molecule has 66 heavy (non-hydrogen) atoms. The molecule has 0 spiro atoms. The van der Waals surface area contributed by atoms with E-state index in [1.165, 1.54) is 47.2 Å². The molecule has 1 amide bonds. The second kappa shape index (κ2) is 20.5. The monoisotopic (exact) mass is 960 g/mol. The number of anilines is 3. The Morgan fingerprint density at radius 1 is 0.970 bits per heavy atom. The van der Waals surface area contributed by atoms with Crippen LogP contribution in [0.25, 0.3) is 5.57 Å². The molecule has 1 aromatic heterocycles. The van der Waals surface area contributed by atoms with E-state index in [1.807, 2.05) is 12.1 Å². The lowest BCUT2D eigenvalue weighted by Gasteiger charge is -2.39. The van der Waals surface area contributed by atoms with Gasteiger partial charge in [-0.3, -0.25) is 24.7 Å². The minimum atomic E-state index is -4.59. The number of benzene rings is 3. The number of nitrogen functional groups attached to an aromatic ring is 1. The van der Waals surface area contributed by atoms with Crippen LogP contribution in [0.4, 0.5) is 22.9 Å². The van der Waals surface area contributed by atoms with Crippen molar-refractivity contribution in [2.45, 2.75) is 69.7 Å². The van der Waals surface area contributed by atoms with Crippen LogP contribution in [0, 0.1) is 21.4 Å². The molecule has 2 aliphatic carbocycles. The van der Waals surface area contributed by atoms with Gasteiger partial charge in [0.05, 0.1) is 39.8 Å². The maximum atomic E-state index is 13.9. The van der Waals surface area contributed by atoms with Gasteiger partial charge in [0.15, 0.2) is 0 Å². The number of nitrogens with zero attached hydrogens (tertiary/aromatic N) is 5. The van der Waals surface area contributed by atoms with Crippen molar-refractivity contribution in [2.75, 3.05) is 81.5 Å². The highest BCUT2D eigenvalue weighted by molar-refractivity contribution is 7.90. The van der Waals surface area contributed by atoms with Crippen LogP contribution in [0.3, 0.4) is 0 Å². The van der Waals surface area contributed by atoms with Gasteiger partial charge in [-0.25, -0.2) is 18.1 Å². The van der Waals surface area contributed by atoms with Crippen LogP contribution >= 0.6 is 23.2 Å². The summed E-state index contributed by atoms with van der Waals surface area (Å²) in [6, 6.07) is 18.7. The highest BCUT2D eigenvalue weighted by Crippen LogP contribution is 2.44. The molecule has 18 heteroatoms. The summed E-state index contributed by atoms with van der Waals surface area (Å²) in [5, 5.41) is 16.3. The summed E-state index contributed by atoms with van der Waals surface area (Å²) in [5.74, 6) is -0.345. The van der Waals surface area contributed by atoms with E-state index in [2.05, 4.69) is 55.7 Å². The number of nitro groups is 1. The van der Waals surface area contributed by atoms with Crippen molar-refractivity contribution < 1.29 is 27.6 Å². The predicted octanol–water partition coefficient (Wildman–Crippen LogP) is 8.88. The molecule has 352 valence electrons. The lowest BCUT2D eigenvalue weighted by Crippen LogP contribution is -2.47. The zero-order valence-corrected chi connectivity index (χ0v) is 39.8. The Kier molecular flexibility index (Phi) is 14.8. The highest BCUT2D eigenvalue weighted by atomic mass is 35.5. The number of amides is 1. The van der Waals surface area contributed by atoms with Gasteiger partial charge in [0.1, 0.15) is 23.0 Å². The molecule has 4 aliphatic rings. The number of carbonyl (C=O) groups excluding carboxylic acids is 1. The van der Waals surface area contributed by atoms with E-state index in [4.69, 9.17) is 38.4 Å². The molecule has 15 nitrogen and oxygen atoms in total. The number of halogens is 2. The van der Waals surface area contributed by atoms with Gasteiger partial charge in [-0.1, -0.05) is 54.8 Å². The number of nitrogens with one attached hydrogen (secondary N) is 2. The summed E-state index contributed by atoms with van der Waals surface area (Å²) in [7, 11) is -4.59. The Bertz CT molecular complexity index is 2560. The summed E-state index contributed by atoms with van der Waals surface area (Å²) >= 11 is 12.5. The zero-order valence-electron chi connectivity index (χ0n) is 37.4. The van der Waals surface area contributed by atoms with Gasteiger partial charge in [0.25, 0.3) is 21.6 Å². The highest BCUT2D eigenvalue weighted by Gasteiger charge is 2.32. The number of sulfonamides is 1. The number of allylic oxidation sites excluding steroid dienone is 1. The van der Waals surface area contributed by atoms with Gasteiger partial charge in [-0.15, -0.1) is 0 Å². The molecule has 3 aromatic carbocycles. The van der Waals surface area contributed by atoms with Crippen LogP contribution in [0.5, 0.6) is 11.5 Å². The fraction of sp³-hybridized carbons (Fsp3) is 0.458. The summed E-state index contributed by atoms with van der Waals surface area (Å²) in [4.78, 5) is 36.4. The average molecular weight is 962 g/mol. The number of hydrogen-bond donors (Lipinski definition) is 3. The quantitative estimate of drug-likeness (QED) is 0.0805. The SMILES string of the molecule is CC1(C)CCC(CN2CCN(c3ccc(C(=O)NS(=O)(=O)c4ccc(NCC5CCC(N6CCOCC6)CC5)c([N+](=O)[O-])c4)c(Oc4cnc(N)c(Cl)c4)c3)CC2)=C(c2ccc(Cl)cc2)C1. The number of pyridine rings is 1. The van der Waals surface area contributed by atoms with E-state index < -0.39 is 31.4 Å². The van der Waals surface area contributed by atoms with E-state index >= 15 is 0 Å². The minimum Gasteiger partial charge on any atom is -0.455 e. The number of nitrogens with two attached hydrogens (primary N) is 1. The largest absolute Gasteiger partial charge is 0.455 e. The van der Waals surface area contributed by atoms with E-state index in [-0.39, 0.29) is 39.0 Å². The molecule has 1 saturated carbocycles. The Labute approximate surface area is 396 Å². The second-order valence-corrected chi connectivity index (χ2v) is 21.1. The van der Waals surface area contributed by atoms with Gasteiger partial charge in [0.2, 0.25) is 0 Å². The van der Waals surface area contributed by atoms with Crippen molar-refractivity contribution in [3.63, 3.8) is 0 Å². The molecular weight excluding hydrogens is 904 g/mol. The van der Waals surface area contributed by atoms with E-state index in [9.17, 15) is 23.3 Å². The number of rotatable bonds is 14. The summed E-state index contributed by atoms with van der Waals surface area (Å²) < 4.78 is 41.3. The molecule has 3 fully saturated rings. The standard InChI is InChI=1S/C48H58Cl2N8O7S/c1-48(2)16-15-34(41(28-48)33-5-7-35(49)8-6-33)31-55-17-19-56(20-18-55)37-11-13-40(45(25-37)65-38-26-42(50)46(51)53-30-38)47(59)54-66(62,63)39-12-14-43(44(27-39)58(60)61)52-29-32-3-9-36(10-4-32)57-21-23-64-24-22-57/h5-8,11-14,25-27,30,32,36,52H,3-4,9-10,15-24,28-29,31H2,1-2H3,(H2,51,53)(H,54,59). The molecule has 0 bridgehead atoms. The molecule has 0 unspecified atom stereocenters. The Hall–Kier alpha value is -4.97. The summed E-state index contributed by atoms with van der Waals surface area (Å²) in [6.07, 6.45) is 8.58. The van der Waals surface area contributed by atoms with E-state index in [0.29, 0.717) is 31.6 Å². The van der Waals surface area contributed by atoms with Crippen molar-refractivity contribution in [1.29, 1.82) is 0 Å². The smallest absolute Gasteiger partial charge is 0.293 e. The summed E-state index contributed by atoms with van der Waals surface area (Å²) in [6.45, 7) is 12.4. The molecule has 3 heterocycles. The number of piperazine rings is 1. The number of ether oxygens (including phenoxy) is 2. The third-order valence-corrected chi connectivity index (χ3v) is 15.4. The van der Waals surface area contributed by atoms with Crippen LogP contribution < -0.4 is 25.4 Å². The van der Waals surface area contributed by atoms with Gasteiger partial charge in [-0.05, 0) is 104 Å². The lowest BCUT2D eigenvalue weighted by molar-refractivity contribution is -0.384. The fourth-order valence-electron chi connectivity index (χ4n) is 9.62. The molecule has 4 N–H and O–H groups in total. The Morgan fingerprint density at radius 3 is 2.39 bits per heavy atom. The first-order valence-electron chi connectivity index (χ1n) is 22.7. The third-order valence-electron chi connectivity index (χ3n) is 13.5. The molecule has 2 aliphatic heterocycles. The number of aromatic nitrogens is 1. The Balaban J connectivity index is 0.952. The van der Waals surface area contributed by atoms with Crippen molar-refractivity contribution >= 4 is 67.6 Å². The van der Waals surface area contributed by atoms with Crippen LogP contribution in [-0.2, 0) is 14.8 Å². The number of carbonyl (C=O) groups is 1. The Morgan fingerprint density at radius 2 is 1.70 bits per heavy atom. The van der Waals surface area contributed by atoms with Crippen LogP contribution in [-0.4, -0.2) is 106 Å². The topological polar surface area (TPSA) is 186 Å².